The van der Waals surface area contributed by atoms with E-state index in [2.05, 4.69) is 0 Å². The summed E-state index contributed by atoms with van der Waals surface area (Å²) in [4.78, 5) is 27.6. The Kier molecular flexibility index (Phi) is 4.37. The molecule has 4 heteroatoms. The van der Waals surface area contributed by atoms with Gasteiger partial charge in [0.05, 0.1) is 0 Å². The van der Waals surface area contributed by atoms with Crippen LogP contribution in [-0.2, 0) is 9.59 Å². The molecule has 122 valence electrons. The van der Waals surface area contributed by atoms with Crippen LogP contribution >= 0.6 is 0 Å². The quantitative estimate of drug-likeness (QED) is 0.581. The molecule has 0 saturated heterocycles. The van der Waals surface area contributed by atoms with Gasteiger partial charge in [0.25, 0.3) is 0 Å². The first-order valence-electron chi connectivity index (χ1n) is 9.02. The zero-order valence-electron chi connectivity index (χ0n) is 14.0. The van der Waals surface area contributed by atoms with E-state index in [9.17, 15) is 9.59 Å². The van der Waals surface area contributed by atoms with Gasteiger partial charge < -0.3 is 0 Å². The van der Waals surface area contributed by atoms with Gasteiger partial charge in [-0.15, -0.1) is 0 Å². The summed E-state index contributed by atoms with van der Waals surface area (Å²) in [7, 11) is 0. The van der Waals surface area contributed by atoms with Crippen LogP contribution in [0.4, 0.5) is 0 Å². The lowest BCUT2D eigenvalue weighted by Gasteiger charge is -2.36. The predicted octanol–water partition coefficient (Wildman–Crippen LogP) is 3.09. The topological polar surface area (TPSA) is 40.4 Å². The average Bonchev–Trinajstić information content (AvgIpc) is 2.55. The molecule has 22 heavy (non-hydrogen) atoms. The number of carbonyl (C=O) groups excluding carboxylic acids is 2. The molecular weight excluding hydrogens is 276 g/mol. The predicted molar refractivity (Wildman–Crippen MR) is 85.7 cm³/mol. The Balaban J connectivity index is 1.91. The lowest BCUT2D eigenvalue weighted by Crippen LogP contribution is -2.59. The van der Waals surface area contributed by atoms with Crippen LogP contribution in [0.3, 0.4) is 0 Å². The van der Waals surface area contributed by atoms with Crippen LogP contribution in [0, 0.1) is 5.41 Å². The summed E-state index contributed by atoms with van der Waals surface area (Å²) >= 11 is 0. The summed E-state index contributed by atoms with van der Waals surface area (Å²) in [6, 6.07) is 0.583. The standard InChI is InChI=1S/C18H29N2O2/c1-18(2)16(21)19(14-9-5-3-6-10-14)13-20(17(18)22)15-11-7-4-8-12-15/h13-15H,3-12H2,1-2H3/q+1. The minimum Gasteiger partial charge on any atom is -0.245 e. The summed E-state index contributed by atoms with van der Waals surface area (Å²) in [5.74, 6) is -0.00656. The smallest absolute Gasteiger partial charge is 0.245 e. The lowest BCUT2D eigenvalue weighted by atomic mass is 9.84. The maximum atomic E-state index is 12.8. The van der Waals surface area contributed by atoms with Crippen LogP contribution in [0.25, 0.3) is 0 Å². The molecule has 0 atom stereocenters. The fourth-order valence-electron chi connectivity index (χ4n) is 4.21. The summed E-state index contributed by atoms with van der Waals surface area (Å²) in [5.41, 5.74) is -0.913. The van der Waals surface area contributed by atoms with E-state index >= 15 is 0 Å². The van der Waals surface area contributed by atoms with Crippen LogP contribution in [0.15, 0.2) is 0 Å². The molecule has 0 aromatic heterocycles. The monoisotopic (exact) mass is 305 g/mol. The number of carbonyl (C=O) groups is 2. The van der Waals surface area contributed by atoms with E-state index in [1.54, 1.807) is 13.8 Å². The highest BCUT2D eigenvalue weighted by atomic mass is 16.2. The van der Waals surface area contributed by atoms with E-state index in [0.29, 0.717) is 12.1 Å². The van der Waals surface area contributed by atoms with Crippen molar-refractivity contribution >= 4 is 18.2 Å². The minimum absolute atomic E-state index is 0.00328. The highest BCUT2D eigenvalue weighted by Gasteiger charge is 2.53. The van der Waals surface area contributed by atoms with Crippen LogP contribution in [0.5, 0.6) is 0 Å². The molecule has 2 saturated carbocycles. The van der Waals surface area contributed by atoms with E-state index in [1.807, 2.05) is 15.8 Å². The molecule has 3 rings (SSSR count). The Hall–Kier alpha value is -1.19. The van der Waals surface area contributed by atoms with Crippen molar-refractivity contribution < 1.29 is 14.2 Å². The summed E-state index contributed by atoms with van der Waals surface area (Å²) < 4.78 is 1.91. The number of hydrogen-bond donors (Lipinski definition) is 0. The Labute approximate surface area is 133 Å². The van der Waals surface area contributed by atoms with Crippen molar-refractivity contribution in [3.8, 4) is 0 Å². The Bertz CT molecular complexity index is 483. The first-order chi connectivity index (χ1) is 10.5. The van der Waals surface area contributed by atoms with Gasteiger partial charge in [-0.05, 0) is 65.2 Å². The van der Waals surface area contributed by atoms with E-state index in [0.717, 1.165) is 25.7 Å². The van der Waals surface area contributed by atoms with Gasteiger partial charge in [-0.25, -0.2) is 9.59 Å². The van der Waals surface area contributed by atoms with Crippen molar-refractivity contribution in [2.45, 2.75) is 90.1 Å². The van der Waals surface area contributed by atoms with Gasteiger partial charge in [0, 0.05) is 0 Å². The first-order valence-corrected chi connectivity index (χ1v) is 9.02. The SMILES string of the molecule is CC1(C)C(=O)N(C2CCCCC2)C=[N+](C2CCCCC2)C1=O. The third-order valence-corrected chi connectivity index (χ3v) is 5.72. The average molecular weight is 305 g/mol. The second-order valence-electron chi connectivity index (χ2n) is 7.75. The number of nitrogens with zero attached hydrogens (tertiary/aromatic N) is 2. The lowest BCUT2D eigenvalue weighted by molar-refractivity contribution is -0.501. The third kappa shape index (κ3) is 2.72. The molecular formula is C18H29N2O2+. The molecule has 0 N–H and O–H groups in total. The van der Waals surface area contributed by atoms with Gasteiger partial charge in [-0.3, -0.25) is 0 Å². The maximum absolute atomic E-state index is 12.8. The molecule has 2 aliphatic carbocycles. The van der Waals surface area contributed by atoms with Crippen molar-refractivity contribution in [3.05, 3.63) is 0 Å². The zero-order valence-corrected chi connectivity index (χ0v) is 14.0. The normalized spacial score (nSPS) is 27.9. The van der Waals surface area contributed by atoms with Crippen LogP contribution in [0.1, 0.15) is 78.1 Å². The zero-order chi connectivity index (χ0) is 15.7. The molecule has 0 bridgehead atoms. The van der Waals surface area contributed by atoms with Gasteiger partial charge in [-0.1, -0.05) is 12.8 Å². The largest absolute Gasteiger partial charge is 0.326 e. The van der Waals surface area contributed by atoms with Gasteiger partial charge in [0.1, 0.15) is 12.1 Å². The molecule has 0 unspecified atom stereocenters. The van der Waals surface area contributed by atoms with E-state index in [1.165, 1.54) is 38.5 Å². The third-order valence-electron chi connectivity index (χ3n) is 5.72. The maximum Gasteiger partial charge on any atom is 0.326 e. The molecule has 3 aliphatic rings. The number of amides is 2. The fourth-order valence-corrected chi connectivity index (χ4v) is 4.21. The van der Waals surface area contributed by atoms with E-state index in [4.69, 9.17) is 0 Å². The van der Waals surface area contributed by atoms with Crippen molar-refractivity contribution in [2.75, 3.05) is 0 Å². The van der Waals surface area contributed by atoms with Crippen molar-refractivity contribution in [1.29, 1.82) is 0 Å². The second-order valence-corrected chi connectivity index (χ2v) is 7.75. The van der Waals surface area contributed by atoms with Crippen molar-refractivity contribution in [3.63, 3.8) is 0 Å². The molecule has 4 nitrogen and oxygen atoms in total. The van der Waals surface area contributed by atoms with E-state index < -0.39 is 5.41 Å². The molecule has 0 spiro atoms. The molecule has 1 heterocycles. The van der Waals surface area contributed by atoms with Crippen LogP contribution in [-0.4, -0.2) is 39.7 Å². The molecule has 0 radical (unpaired) electrons. The summed E-state index contributed by atoms with van der Waals surface area (Å²) in [5, 5.41) is 0. The Morgan fingerprint density at radius 1 is 0.955 bits per heavy atom. The van der Waals surface area contributed by atoms with Crippen molar-refractivity contribution in [1.82, 2.24) is 4.90 Å². The fraction of sp³-hybridized carbons (Fsp3) is 0.833. The Morgan fingerprint density at radius 2 is 1.50 bits per heavy atom. The minimum atomic E-state index is -0.913. The van der Waals surface area contributed by atoms with Crippen LogP contribution in [0.2, 0.25) is 0 Å². The second kappa shape index (κ2) is 6.13. The summed E-state index contributed by atoms with van der Waals surface area (Å²) in [6.07, 6.45) is 13.5. The molecule has 1 aliphatic heterocycles. The number of hydrogen-bond acceptors (Lipinski definition) is 2. The summed E-state index contributed by atoms with van der Waals surface area (Å²) in [6.45, 7) is 3.60. The van der Waals surface area contributed by atoms with E-state index in [-0.39, 0.29) is 11.8 Å². The van der Waals surface area contributed by atoms with Gasteiger partial charge in [0.15, 0.2) is 5.41 Å². The highest BCUT2D eigenvalue weighted by molar-refractivity contribution is 6.08. The Morgan fingerprint density at radius 3 is 2.09 bits per heavy atom. The molecule has 0 aromatic carbocycles. The molecule has 2 amide bonds. The highest BCUT2D eigenvalue weighted by Crippen LogP contribution is 2.32. The van der Waals surface area contributed by atoms with Gasteiger partial charge in [-0.2, -0.15) is 9.48 Å². The number of rotatable bonds is 2. The first kappa shape index (κ1) is 15.7. The molecule has 2 fully saturated rings. The van der Waals surface area contributed by atoms with Crippen molar-refractivity contribution in [2.24, 2.45) is 5.41 Å². The van der Waals surface area contributed by atoms with Gasteiger partial charge in [0.2, 0.25) is 6.34 Å². The van der Waals surface area contributed by atoms with Crippen LogP contribution < -0.4 is 0 Å². The molecule has 0 aromatic rings. The van der Waals surface area contributed by atoms with Gasteiger partial charge >= 0.3 is 11.8 Å².